The highest BCUT2D eigenvalue weighted by molar-refractivity contribution is 7.99. The highest BCUT2D eigenvalue weighted by Crippen LogP contribution is 2.37. The number of ether oxygens (including phenoxy) is 1. The van der Waals surface area contributed by atoms with Crippen LogP contribution in [0, 0.1) is 12.7 Å². The van der Waals surface area contributed by atoms with Gasteiger partial charge in [-0.15, -0.1) is 0 Å². The lowest BCUT2D eigenvalue weighted by Crippen LogP contribution is -2.36. The van der Waals surface area contributed by atoms with Gasteiger partial charge < -0.3 is 15.0 Å². The van der Waals surface area contributed by atoms with E-state index in [0.29, 0.717) is 35.5 Å². The Bertz CT molecular complexity index is 1670. The molecule has 10 nitrogen and oxygen atoms in total. The number of carbonyl (C=O) groups excluding carboxylic acids is 1. The first kappa shape index (κ1) is 26.1. The quantitative estimate of drug-likeness (QED) is 0.239. The number of pyridine rings is 1. The van der Waals surface area contributed by atoms with Crippen LogP contribution in [0.1, 0.15) is 37.2 Å². The van der Waals surface area contributed by atoms with E-state index in [0.717, 1.165) is 39.9 Å². The fourth-order valence-corrected chi connectivity index (χ4v) is 6.10. The van der Waals surface area contributed by atoms with Gasteiger partial charge in [-0.05, 0) is 50.1 Å². The van der Waals surface area contributed by atoms with Gasteiger partial charge in [0.25, 0.3) is 0 Å². The molecule has 0 unspecified atom stereocenters. The molecular formula is C27H25FN8O2S2. The third-order valence-electron chi connectivity index (χ3n) is 6.52. The van der Waals surface area contributed by atoms with E-state index >= 15 is 0 Å². The molecule has 5 heterocycles. The third-order valence-corrected chi connectivity index (χ3v) is 8.12. The van der Waals surface area contributed by atoms with Crippen LogP contribution in [0.2, 0.25) is 0 Å². The van der Waals surface area contributed by atoms with Crippen LogP contribution in [0.5, 0.6) is 11.5 Å². The molecule has 5 aromatic rings. The summed E-state index contributed by atoms with van der Waals surface area (Å²) in [7, 11) is 0. The number of nitrogens with zero attached hydrogens (tertiary/aromatic N) is 7. The predicted octanol–water partition coefficient (Wildman–Crippen LogP) is 5.84. The van der Waals surface area contributed by atoms with E-state index in [9.17, 15) is 9.18 Å². The van der Waals surface area contributed by atoms with Crippen LogP contribution < -0.4 is 10.1 Å². The number of fused-ring (bicyclic) bond motifs is 1. The molecule has 1 fully saturated rings. The number of likely N-dealkylation sites (tertiary alicyclic amines) is 1. The van der Waals surface area contributed by atoms with E-state index in [4.69, 9.17) is 9.72 Å². The topological polar surface area (TPSA) is 110 Å². The van der Waals surface area contributed by atoms with Crippen molar-refractivity contribution in [1.82, 2.24) is 33.8 Å². The lowest BCUT2D eigenvalue weighted by Gasteiger charge is -2.29. The van der Waals surface area contributed by atoms with Crippen LogP contribution in [-0.2, 0) is 4.79 Å². The molecular weight excluding hydrogens is 551 g/mol. The molecule has 40 heavy (non-hydrogen) atoms. The maximum absolute atomic E-state index is 13.5. The standard InChI is InChI=1S/C27H25FN8O2S2/c1-16-13-24(36-23(31-16)7-10-30-36)39-21-14-22(38-20-5-3-19(28)4-6-20)26(29-15-21)33-27-32-25(34-40-27)18-8-11-35(12-9-18)17(2)37/h3-7,10,13-15,18H,8-9,11-12H2,1-2H3,(H,29,32,33,34). The maximum Gasteiger partial charge on any atom is 0.219 e. The average molecular weight is 577 g/mol. The molecule has 0 atom stereocenters. The van der Waals surface area contributed by atoms with Crippen LogP contribution in [-0.4, -0.2) is 52.8 Å². The van der Waals surface area contributed by atoms with Crippen molar-refractivity contribution >= 4 is 45.8 Å². The summed E-state index contributed by atoms with van der Waals surface area (Å²) in [6.45, 7) is 4.95. The van der Waals surface area contributed by atoms with Crippen molar-refractivity contribution in [2.45, 2.75) is 42.5 Å². The molecule has 1 aliphatic heterocycles. The molecule has 0 saturated carbocycles. The van der Waals surface area contributed by atoms with Crippen molar-refractivity contribution in [3.8, 4) is 11.5 Å². The number of halogens is 1. The molecule has 204 valence electrons. The van der Waals surface area contributed by atoms with Gasteiger partial charge in [0.2, 0.25) is 11.0 Å². The second kappa shape index (κ2) is 11.2. The largest absolute Gasteiger partial charge is 0.453 e. The Balaban J connectivity index is 1.26. The van der Waals surface area contributed by atoms with Gasteiger partial charge >= 0.3 is 0 Å². The third kappa shape index (κ3) is 5.75. The number of hydrogen-bond acceptors (Lipinski definition) is 10. The van der Waals surface area contributed by atoms with Crippen molar-refractivity contribution in [2.75, 3.05) is 18.4 Å². The van der Waals surface area contributed by atoms with E-state index in [1.54, 1.807) is 36.0 Å². The van der Waals surface area contributed by atoms with E-state index in [1.165, 1.54) is 35.4 Å². The minimum absolute atomic E-state index is 0.0986. The van der Waals surface area contributed by atoms with Crippen molar-refractivity contribution in [3.05, 3.63) is 72.2 Å². The van der Waals surface area contributed by atoms with E-state index in [1.807, 2.05) is 30.0 Å². The van der Waals surface area contributed by atoms with Crippen molar-refractivity contribution in [2.24, 2.45) is 0 Å². The summed E-state index contributed by atoms with van der Waals surface area (Å²) in [6.07, 6.45) is 5.12. The molecule has 1 N–H and O–H groups in total. The van der Waals surface area contributed by atoms with Gasteiger partial charge in [-0.3, -0.25) is 4.79 Å². The average Bonchev–Trinajstić information content (AvgIpc) is 3.61. The molecule has 1 aromatic carbocycles. The van der Waals surface area contributed by atoms with Gasteiger partial charge in [-0.25, -0.2) is 23.9 Å². The van der Waals surface area contributed by atoms with Gasteiger partial charge in [0, 0.05) is 66.4 Å². The number of carbonyl (C=O) groups is 1. The monoisotopic (exact) mass is 576 g/mol. The number of amides is 1. The minimum atomic E-state index is -0.347. The first-order chi connectivity index (χ1) is 19.4. The first-order valence-electron chi connectivity index (χ1n) is 12.7. The summed E-state index contributed by atoms with van der Waals surface area (Å²) >= 11 is 2.73. The molecule has 13 heteroatoms. The van der Waals surface area contributed by atoms with E-state index in [-0.39, 0.29) is 17.6 Å². The second-order valence-corrected chi connectivity index (χ2v) is 11.2. The second-order valence-electron chi connectivity index (χ2n) is 9.38. The van der Waals surface area contributed by atoms with Crippen LogP contribution in [0.15, 0.2) is 64.8 Å². The fourth-order valence-electron chi connectivity index (χ4n) is 4.49. The van der Waals surface area contributed by atoms with Crippen LogP contribution in [0.4, 0.5) is 15.3 Å². The lowest BCUT2D eigenvalue weighted by molar-refractivity contribution is -0.129. The summed E-state index contributed by atoms with van der Waals surface area (Å²) in [4.78, 5) is 28.2. The van der Waals surface area contributed by atoms with Gasteiger partial charge in [0.15, 0.2) is 17.2 Å². The number of hydrogen-bond donors (Lipinski definition) is 1. The molecule has 1 amide bonds. The van der Waals surface area contributed by atoms with Crippen LogP contribution in [0.25, 0.3) is 5.65 Å². The van der Waals surface area contributed by atoms with Crippen molar-refractivity contribution < 1.29 is 13.9 Å². The van der Waals surface area contributed by atoms with Crippen molar-refractivity contribution in [1.29, 1.82) is 0 Å². The lowest BCUT2D eigenvalue weighted by atomic mass is 9.96. The minimum Gasteiger partial charge on any atom is -0.453 e. The Morgan fingerprint density at radius 1 is 1.15 bits per heavy atom. The SMILES string of the molecule is CC(=O)N1CCC(c2nsc(Nc3ncc(Sc4cc(C)nc5ccnn45)cc3Oc3ccc(F)cc3)n2)CC1. The highest BCUT2D eigenvalue weighted by atomic mass is 32.2. The molecule has 0 spiro atoms. The van der Waals surface area contributed by atoms with Gasteiger partial charge in [-0.1, -0.05) is 11.8 Å². The molecule has 0 radical (unpaired) electrons. The molecule has 0 aliphatic carbocycles. The van der Waals surface area contributed by atoms with Crippen molar-refractivity contribution in [3.63, 3.8) is 0 Å². The fraction of sp³-hybridized carbons (Fsp3) is 0.259. The Morgan fingerprint density at radius 3 is 2.73 bits per heavy atom. The Kier molecular flexibility index (Phi) is 7.30. The van der Waals surface area contributed by atoms with E-state index in [2.05, 4.69) is 24.8 Å². The number of nitrogens with one attached hydrogen (secondary N) is 1. The smallest absolute Gasteiger partial charge is 0.219 e. The van der Waals surface area contributed by atoms with Crippen LogP contribution >= 0.6 is 23.3 Å². The number of aromatic nitrogens is 6. The normalized spacial score (nSPS) is 14.0. The van der Waals surface area contributed by atoms with Gasteiger partial charge in [0.1, 0.15) is 22.4 Å². The maximum atomic E-state index is 13.5. The number of anilines is 2. The van der Waals surface area contributed by atoms with E-state index < -0.39 is 0 Å². The Morgan fingerprint density at radius 2 is 1.95 bits per heavy atom. The number of aryl methyl sites for hydroxylation is 1. The number of rotatable bonds is 7. The summed E-state index contributed by atoms with van der Waals surface area (Å²) in [5, 5.41) is 9.10. The molecule has 1 aliphatic rings. The summed E-state index contributed by atoms with van der Waals surface area (Å²) < 4.78 is 26.0. The molecule has 1 saturated heterocycles. The summed E-state index contributed by atoms with van der Waals surface area (Å²) in [5.74, 6) is 2.09. The molecule has 6 rings (SSSR count). The predicted molar refractivity (Wildman–Crippen MR) is 150 cm³/mol. The summed E-state index contributed by atoms with van der Waals surface area (Å²) in [5.41, 5.74) is 1.64. The molecule has 4 aromatic heterocycles. The van der Waals surface area contributed by atoms with Crippen LogP contribution in [0.3, 0.4) is 0 Å². The van der Waals surface area contributed by atoms with Gasteiger partial charge in [0.05, 0.1) is 6.20 Å². The zero-order valence-electron chi connectivity index (χ0n) is 21.7. The first-order valence-corrected chi connectivity index (χ1v) is 14.3. The number of benzene rings is 1. The summed E-state index contributed by atoms with van der Waals surface area (Å²) in [6, 6.07) is 11.5. The Hall–Kier alpha value is -4.10. The Labute approximate surface area is 237 Å². The zero-order valence-corrected chi connectivity index (χ0v) is 23.4. The zero-order chi connectivity index (χ0) is 27.6. The highest BCUT2D eigenvalue weighted by Gasteiger charge is 2.25. The number of piperidine rings is 1. The van der Waals surface area contributed by atoms with Gasteiger partial charge in [-0.2, -0.15) is 9.47 Å². The molecule has 0 bridgehead atoms.